The lowest BCUT2D eigenvalue weighted by atomic mass is 10.1. The molecular weight excluding hydrogens is 214 g/mol. The Hall–Kier alpha value is -1.06. The van der Waals surface area contributed by atoms with Crippen molar-refractivity contribution in [1.29, 1.82) is 0 Å². The van der Waals surface area contributed by atoms with Gasteiger partial charge in [0.2, 0.25) is 0 Å². The molecule has 1 saturated heterocycles. The highest BCUT2D eigenvalue weighted by Gasteiger charge is 2.14. The maximum atomic E-state index is 5.48. The van der Waals surface area contributed by atoms with Crippen LogP contribution in [0.4, 0.5) is 0 Å². The molecule has 1 aromatic carbocycles. The summed E-state index contributed by atoms with van der Waals surface area (Å²) in [6.45, 7) is 6.50. The van der Waals surface area contributed by atoms with Crippen molar-refractivity contribution in [3.8, 4) is 5.75 Å². The molecule has 1 unspecified atom stereocenters. The second kappa shape index (κ2) is 6.62. The molecule has 1 aromatic rings. The third-order valence-electron chi connectivity index (χ3n) is 3.00. The van der Waals surface area contributed by atoms with Crippen LogP contribution < -0.4 is 10.1 Å². The largest absolute Gasteiger partial charge is 0.494 e. The second-order valence-corrected chi connectivity index (χ2v) is 4.44. The molecule has 1 N–H and O–H groups in total. The lowest BCUT2D eigenvalue weighted by Crippen LogP contribution is -2.22. The van der Waals surface area contributed by atoms with Crippen molar-refractivity contribution in [3.05, 3.63) is 29.8 Å². The molecule has 0 radical (unpaired) electrons. The molecule has 0 bridgehead atoms. The zero-order chi connectivity index (χ0) is 11.9. The lowest BCUT2D eigenvalue weighted by Gasteiger charge is -2.10. The van der Waals surface area contributed by atoms with Crippen molar-refractivity contribution >= 4 is 0 Å². The normalized spacial score (nSPS) is 19.5. The van der Waals surface area contributed by atoms with Gasteiger partial charge in [-0.25, -0.2) is 0 Å². The molecule has 1 heterocycles. The van der Waals surface area contributed by atoms with Crippen LogP contribution >= 0.6 is 0 Å². The van der Waals surface area contributed by atoms with Crippen molar-refractivity contribution in [1.82, 2.24) is 5.32 Å². The van der Waals surface area contributed by atoms with Crippen LogP contribution in [0.3, 0.4) is 0 Å². The number of rotatable bonds is 6. The van der Waals surface area contributed by atoms with E-state index in [1.54, 1.807) is 0 Å². The smallest absolute Gasteiger partial charge is 0.119 e. The van der Waals surface area contributed by atoms with E-state index in [1.807, 2.05) is 19.1 Å². The molecule has 0 spiro atoms. The van der Waals surface area contributed by atoms with Gasteiger partial charge in [-0.1, -0.05) is 12.1 Å². The van der Waals surface area contributed by atoms with E-state index < -0.39 is 0 Å². The molecule has 1 aliphatic heterocycles. The minimum absolute atomic E-state index is 0.685. The average Bonchev–Trinajstić information content (AvgIpc) is 2.83. The third kappa shape index (κ3) is 4.02. The van der Waals surface area contributed by atoms with Crippen LogP contribution in [0.25, 0.3) is 0 Å². The van der Waals surface area contributed by atoms with E-state index in [2.05, 4.69) is 17.4 Å². The van der Waals surface area contributed by atoms with E-state index in [1.165, 1.54) is 12.0 Å². The van der Waals surface area contributed by atoms with Crippen LogP contribution in [-0.2, 0) is 11.3 Å². The van der Waals surface area contributed by atoms with E-state index >= 15 is 0 Å². The van der Waals surface area contributed by atoms with Crippen molar-refractivity contribution in [2.75, 3.05) is 26.4 Å². The summed E-state index contributed by atoms with van der Waals surface area (Å²) in [4.78, 5) is 0. The van der Waals surface area contributed by atoms with Crippen LogP contribution in [0.15, 0.2) is 24.3 Å². The Kier molecular flexibility index (Phi) is 4.83. The zero-order valence-electron chi connectivity index (χ0n) is 10.4. The zero-order valence-corrected chi connectivity index (χ0v) is 10.4. The molecule has 0 aliphatic carbocycles. The van der Waals surface area contributed by atoms with E-state index in [0.29, 0.717) is 5.92 Å². The van der Waals surface area contributed by atoms with Crippen LogP contribution in [0, 0.1) is 5.92 Å². The highest BCUT2D eigenvalue weighted by atomic mass is 16.5. The Labute approximate surface area is 103 Å². The maximum Gasteiger partial charge on any atom is 0.119 e. The molecule has 3 heteroatoms. The standard InChI is InChI=1S/C14H21NO2/c1-2-17-14-5-3-4-12(8-14)9-15-10-13-6-7-16-11-13/h3-5,8,13,15H,2,6-7,9-11H2,1H3. The molecule has 2 rings (SSSR count). The van der Waals surface area contributed by atoms with Gasteiger partial charge in [0, 0.05) is 19.7 Å². The minimum atomic E-state index is 0.685. The molecule has 94 valence electrons. The fourth-order valence-corrected chi connectivity index (χ4v) is 2.08. The molecule has 0 aromatic heterocycles. The number of nitrogens with one attached hydrogen (secondary N) is 1. The lowest BCUT2D eigenvalue weighted by molar-refractivity contribution is 0.185. The summed E-state index contributed by atoms with van der Waals surface area (Å²) < 4.78 is 10.8. The summed E-state index contributed by atoms with van der Waals surface area (Å²) in [5.74, 6) is 1.64. The molecule has 1 atom stereocenters. The first kappa shape index (κ1) is 12.4. The highest BCUT2D eigenvalue weighted by Crippen LogP contribution is 2.14. The maximum absolute atomic E-state index is 5.48. The predicted octanol–water partition coefficient (Wildman–Crippen LogP) is 2.21. The summed E-state index contributed by atoms with van der Waals surface area (Å²) in [5, 5.41) is 3.48. The Bertz CT molecular complexity index is 335. The Morgan fingerprint density at radius 1 is 1.47 bits per heavy atom. The summed E-state index contributed by atoms with van der Waals surface area (Å²) in [5.41, 5.74) is 1.27. The van der Waals surface area contributed by atoms with E-state index in [-0.39, 0.29) is 0 Å². The van der Waals surface area contributed by atoms with E-state index in [9.17, 15) is 0 Å². The fraction of sp³-hybridized carbons (Fsp3) is 0.571. The van der Waals surface area contributed by atoms with Crippen LogP contribution in [0.1, 0.15) is 18.9 Å². The molecule has 17 heavy (non-hydrogen) atoms. The Balaban J connectivity index is 1.75. The van der Waals surface area contributed by atoms with Crippen molar-refractivity contribution in [3.63, 3.8) is 0 Å². The highest BCUT2D eigenvalue weighted by molar-refractivity contribution is 5.28. The van der Waals surface area contributed by atoms with Gasteiger partial charge in [-0.3, -0.25) is 0 Å². The van der Waals surface area contributed by atoms with Crippen molar-refractivity contribution < 1.29 is 9.47 Å². The summed E-state index contributed by atoms with van der Waals surface area (Å²) >= 11 is 0. The van der Waals surface area contributed by atoms with Gasteiger partial charge in [-0.15, -0.1) is 0 Å². The first-order valence-corrected chi connectivity index (χ1v) is 6.38. The molecular formula is C14H21NO2. The number of ether oxygens (including phenoxy) is 2. The quantitative estimate of drug-likeness (QED) is 0.820. The van der Waals surface area contributed by atoms with Gasteiger partial charge in [0.1, 0.15) is 5.75 Å². The SMILES string of the molecule is CCOc1cccc(CNCC2CCOC2)c1. The van der Waals surface area contributed by atoms with E-state index in [0.717, 1.165) is 38.7 Å². The average molecular weight is 235 g/mol. The number of hydrogen-bond acceptors (Lipinski definition) is 3. The first-order valence-electron chi connectivity index (χ1n) is 6.38. The predicted molar refractivity (Wildman–Crippen MR) is 68.2 cm³/mol. The van der Waals surface area contributed by atoms with Crippen molar-refractivity contribution in [2.24, 2.45) is 5.92 Å². The molecule has 1 aliphatic rings. The fourth-order valence-electron chi connectivity index (χ4n) is 2.08. The van der Waals surface area contributed by atoms with E-state index in [4.69, 9.17) is 9.47 Å². The van der Waals surface area contributed by atoms with Gasteiger partial charge in [-0.05, 0) is 37.0 Å². The van der Waals surface area contributed by atoms with Gasteiger partial charge < -0.3 is 14.8 Å². The van der Waals surface area contributed by atoms with Crippen LogP contribution in [0.5, 0.6) is 5.75 Å². The van der Waals surface area contributed by atoms with Gasteiger partial charge in [0.25, 0.3) is 0 Å². The van der Waals surface area contributed by atoms with Crippen LogP contribution in [0.2, 0.25) is 0 Å². The number of benzene rings is 1. The van der Waals surface area contributed by atoms with Gasteiger partial charge >= 0.3 is 0 Å². The molecule has 0 saturated carbocycles. The summed E-state index contributed by atoms with van der Waals surface area (Å²) in [7, 11) is 0. The second-order valence-electron chi connectivity index (χ2n) is 4.44. The van der Waals surface area contributed by atoms with Gasteiger partial charge in [-0.2, -0.15) is 0 Å². The minimum Gasteiger partial charge on any atom is -0.494 e. The van der Waals surface area contributed by atoms with Crippen molar-refractivity contribution in [2.45, 2.75) is 19.9 Å². The topological polar surface area (TPSA) is 30.5 Å². The Morgan fingerprint density at radius 3 is 3.18 bits per heavy atom. The van der Waals surface area contributed by atoms with Crippen LogP contribution in [-0.4, -0.2) is 26.4 Å². The molecule has 3 nitrogen and oxygen atoms in total. The Morgan fingerprint density at radius 2 is 2.41 bits per heavy atom. The van der Waals surface area contributed by atoms with Gasteiger partial charge in [0.15, 0.2) is 0 Å². The van der Waals surface area contributed by atoms with Gasteiger partial charge in [0.05, 0.1) is 13.2 Å². The summed E-state index contributed by atoms with van der Waals surface area (Å²) in [6, 6.07) is 8.26. The molecule has 1 fully saturated rings. The number of hydrogen-bond donors (Lipinski definition) is 1. The monoisotopic (exact) mass is 235 g/mol. The first-order chi connectivity index (χ1) is 8.38. The summed E-state index contributed by atoms with van der Waals surface area (Å²) in [6.07, 6.45) is 1.19. The third-order valence-corrected chi connectivity index (χ3v) is 3.00. The molecule has 0 amide bonds.